The monoisotopic (exact) mass is 421 g/mol. The van der Waals surface area contributed by atoms with Gasteiger partial charge in [0.25, 0.3) is 5.91 Å². The first kappa shape index (κ1) is 20.5. The maximum Gasteiger partial charge on any atom is 0.256 e. The number of hydrazine groups is 1. The van der Waals surface area contributed by atoms with Gasteiger partial charge in [-0.3, -0.25) is 15.0 Å². The molecule has 1 aromatic carbocycles. The fourth-order valence-corrected chi connectivity index (χ4v) is 6.46. The number of nitrogens with zero attached hydrogens (tertiary/aromatic N) is 1. The van der Waals surface area contributed by atoms with Crippen LogP contribution in [0.15, 0.2) is 18.2 Å². The topological polar surface area (TPSA) is 78.5 Å². The van der Waals surface area contributed by atoms with Crippen molar-refractivity contribution in [2.45, 2.75) is 38.1 Å². The van der Waals surface area contributed by atoms with Crippen LogP contribution in [0.25, 0.3) is 0 Å². The number of benzene rings is 1. The Morgan fingerprint density at radius 1 is 1.24 bits per heavy atom. The summed E-state index contributed by atoms with van der Waals surface area (Å²) < 4.78 is 26.6. The van der Waals surface area contributed by atoms with E-state index in [1.165, 1.54) is 6.07 Å². The number of carbonyl (C=O) groups is 2. The molecule has 1 saturated carbocycles. The number of fused-ring (bicyclic) bond motifs is 1. The molecule has 3 aliphatic rings. The minimum Gasteiger partial charge on any atom is -0.338 e. The lowest BCUT2D eigenvalue weighted by Crippen LogP contribution is -2.60. The van der Waals surface area contributed by atoms with Gasteiger partial charge in [0.15, 0.2) is 0 Å². The van der Waals surface area contributed by atoms with E-state index >= 15 is 0 Å². The second-order valence-electron chi connectivity index (χ2n) is 8.85. The highest BCUT2D eigenvalue weighted by Crippen LogP contribution is 2.43. The number of rotatable bonds is 3. The van der Waals surface area contributed by atoms with Crippen molar-refractivity contribution < 1.29 is 18.5 Å². The molecular formula is C21H29FN3O3P. The van der Waals surface area contributed by atoms with Gasteiger partial charge in [0.1, 0.15) is 5.82 Å². The Hall–Kier alpha value is -1.72. The maximum absolute atomic E-state index is 14.5. The summed E-state index contributed by atoms with van der Waals surface area (Å²) in [5.74, 6) is -0.481. The molecule has 3 atom stereocenters. The molecule has 3 unspecified atom stereocenters. The molecule has 2 saturated heterocycles. The summed E-state index contributed by atoms with van der Waals surface area (Å²) >= 11 is 0. The summed E-state index contributed by atoms with van der Waals surface area (Å²) in [6.07, 6.45) is 5.74. The minimum atomic E-state index is -2.15. The fourth-order valence-electron chi connectivity index (χ4n) is 4.91. The molecular weight excluding hydrogens is 392 g/mol. The number of nitrogens with one attached hydrogen (secondary N) is 2. The number of halogens is 1. The van der Waals surface area contributed by atoms with Gasteiger partial charge in [-0.1, -0.05) is 18.9 Å². The van der Waals surface area contributed by atoms with Crippen LogP contribution in [0.1, 0.15) is 41.6 Å². The number of hydrogen-bond donors (Lipinski definition) is 2. The van der Waals surface area contributed by atoms with Crippen molar-refractivity contribution in [2.75, 3.05) is 32.1 Å². The van der Waals surface area contributed by atoms with Gasteiger partial charge in [-0.15, -0.1) is 0 Å². The molecule has 4 rings (SSSR count). The van der Waals surface area contributed by atoms with Gasteiger partial charge in [0.2, 0.25) is 5.91 Å². The molecule has 1 aliphatic carbocycles. The SMILES string of the molecule is CP1(=O)CCN(C(=O)c2cc(CC3NNC(=O)C4CCCCC34)ccc2F)CC1. The highest BCUT2D eigenvalue weighted by Gasteiger charge is 2.40. The lowest BCUT2D eigenvalue weighted by Gasteiger charge is -2.41. The molecule has 2 aliphatic heterocycles. The van der Waals surface area contributed by atoms with Crippen molar-refractivity contribution in [1.82, 2.24) is 15.8 Å². The van der Waals surface area contributed by atoms with Crippen LogP contribution in [0.3, 0.4) is 0 Å². The van der Waals surface area contributed by atoms with Gasteiger partial charge >= 0.3 is 0 Å². The molecule has 8 heteroatoms. The first-order valence-electron chi connectivity index (χ1n) is 10.5. The second-order valence-corrected chi connectivity index (χ2v) is 12.3. The first-order valence-corrected chi connectivity index (χ1v) is 13.1. The summed E-state index contributed by atoms with van der Waals surface area (Å²) in [6, 6.07) is 4.80. The average Bonchev–Trinajstić information content (AvgIpc) is 2.71. The number of carbonyl (C=O) groups excluding carboxylic acids is 2. The number of amides is 2. The summed E-state index contributed by atoms with van der Waals surface area (Å²) in [5.41, 5.74) is 6.89. The van der Waals surface area contributed by atoms with Crippen LogP contribution in [0.2, 0.25) is 0 Å². The van der Waals surface area contributed by atoms with Crippen molar-refractivity contribution in [2.24, 2.45) is 11.8 Å². The zero-order valence-corrected chi connectivity index (χ0v) is 17.7. The van der Waals surface area contributed by atoms with E-state index in [4.69, 9.17) is 0 Å². The lowest BCUT2D eigenvalue weighted by molar-refractivity contribution is -0.133. The van der Waals surface area contributed by atoms with Crippen molar-refractivity contribution in [1.29, 1.82) is 0 Å². The first-order chi connectivity index (χ1) is 13.8. The third kappa shape index (κ3) is 4.41. The van der Waals surface area contributed by atoms with Crippen molar-refractivity contribution in [3.63, 3.8) is 0 Å². The average molecular weight is 421 g/mol. The Bertz CT molecular complexity index is 850. The van der Waals surface area contributed by atoms with E-state index in [9.17, 15) is 18.5 Å². The Balaban J connectivity index is 1.49. The van der Waals surface area contributed by atoms with Crippen LogP contribution in [-0.4, -0.2) is 54.8 Å². The summed E-state index contributed by atoms with van der Waals surface area (Å²) in [4.78, 5) is 26.6. The molecule has 2 N–H and O–H groups in total. The van der Waals surface area contributed by atoms with Crippen molar-refractivity contribution >= 4 is 19.0 Å². The predicted octanol–water partition coefficient (Wildman–Crippen LogP) is 2.63. The van der Waals surface area contributed by atoms with E-state index in [0.29, 0.717) is 31.8 Å². The quantitative estimate of drug-likeness (QED) is 0.736. The molecule has 29 heavy (non-hydrogen) atoms. The molecule has 158 valence electrons. The Kier molecular flexibility index (Phi) is 5.80. The smallest absolute Gasteiger partial charge is 0.256 e. The highest BCUT2D eigenvalue weighted by molar-refractivity contribution is 7.63. The van der Waals surface area contributed by atoms with E-state index in [0.717, 1.165) is 31.2 Å². The fraction of sp³-hybridized carbons (Fsp3) is 0.619. The van der Waals surface area contributed by atoms with Gasteiger partial charge in [-0.05, 0) is 49.5 Å². The molecule has 2 amide bonds. The Labute approximate surface area is 170 Å². The van der Waals surface area contributed by atoms with Crippen molar-refractivity contribution in [3.05, 3.63) is 35.1 Å². The van der Waals surface area contributed by atoms with Gasteiger partial charge in [0.05, 0.1) is 12.7 Å². The molecule has 3 fully saturated rings. The van der Waals surface area contributed by atoms with Gasteiger partial charge in [-0.2, -0.15) is 0 Å². The van der Waals surface area contributed by atoms with Crippen LogP contribution in [0, 0.1) is 17.7 Å². The van der Waals surface area contributed by atoms with Crippen LogP contribution in [0.4, 0.5) is 4.39 Å². The molecule has 0 spiro atoms. The summed E-state index contributed by atoms with van der Waals surface area (Å²) in [6.45, 7) is 2.59. The minimum absolute atomic E-state index is 0.0367. The largest absolute Gasteiger partial charge is 0.338 e. The van der Waals surface area contributed by atoms with Gasteiger partial charge in [-0.25, -0.2) is 9.82 Å². The van der Waals surface area contributed by atoms with E-state index in [2.05, 4.69) is 10.9 Å². The van der Waals surface area contributed by atoms with E-state index < -0.39 is 13.0 Å². The third-order valence-electron chi connectivity index (χ3n) is 6.74. The molecule has 0 radical (unpaired) electrons. The zero-order valence-electron chi connectivity index (χ0n) is 16.8. The third-order valence-corrected chi connectivity index (χ3v) is 9.04. The summed E-state index contributed by atoms with van der Waals surface area (Å²) in [5, 5.41) is 0. The molecule has 6 nitrogen and oxygen atoms in total. The van der Waals surface area contributed by atoms with Crippen LogP contribution < -0.4 is 10.9 Å². The van der Waals surface area contributed by atoms with E-state index in [1.807, 2.05) is 0 Å². The number of hydrogen-bond acceptors (Lipinski definition) is 4. The second kappa shape index (κ2) is 8.19. The van der Waals surface area contributed by atoms with Gasteiger partial charge < -0.3 is 9.46 Å². The van der Waals surface area contributed by atoms with E-state index in [1.54, 1.807) is 23.7 Å². The van der Waals surface area contributed by atoms with Crippen molar-refractivity contribution in [3.8, 4) is 0 Å². The van der Waals surface area contributed by atoms with E-state index in [-0.39, 0.29) is 35.3 Å². The Morgan fingerprint density at radius 3 is 2.72 bits per heavy atom. The predicted molar refractivity (Wildman–Crippen MR) is 110 cm³/mol. The highest BCUT2D eigenvalue weighted by atomic mass is 31.2. The molecule has 0 aromatic heterocycles. The van der Waals surface area contributed by atoms with Crippen LogP contribution in [-0.2, 0) is 15.8 Å². The lowest BCUT2D eigenvalue weighted by atomic mass is 9.72. The standard InChI is InChI=1S/C21H29FN3O3P/c1-29(28)10-8-25(9-11-29)21(27)17-12-14(6-7-18(17)22)13-19-15-4-2-3-5-16(15)20(26)24-23-19/h6-7,12,15-16,19,23H,2-5,8-11,13H2,1H3,(H,24,26). The zero-order chi connectivity index (χ0) is 20.6. The molecule has 0 bridgehead atoms. The molecule has 1 aromatic rings. The van der Waals surface area contributed by atoms with Crippen LogP contribution >= 0.6 is 7.14 Å². The normalized spacial score (nSPS) is 29.1. The Morgan fingerprint density at radius 2 is 1.97 bits per heavy atom. The maximum atomic E-state index is 14.5. The summed E-state index contributed by atoms with van der Waals surface area (Å²) in [7, 11) is -2.15. The van der Waals surface area contributed by atoms with Crippen LogP contribution in [0.5, 0.6) is 0 Å². The molecule has 2 heterocycles. The van der Waals surface area contributed by atoms with Gasteiger partial charge in [0, 0.05) is 37.4 Å².